The van der Waals surface area contributed by atoms with Crippen LogP contribution in [0.25, 0.3) is 16.8 Å². The predicted molar refractivity (Wildman–Crippen MR) is 119 cm³/mol. The van der Waals surface area contributed by atoms with Gasteiger partial charge in [0.2, 0.25) is 0 Å². The summed E-state index contributed by atoms with van der Waals surface area (Å²) >= 11 is 1.34. The summed E-state index contributed by atoms with van der Waals surface area (Å²) < 4.78 is 0. The van der Waals surface area contributed by atoms with Crippen molar-refractivity contribution in [3.05, 3.63) is 45.9 Å². The monoisotopic (exact) mass is 420 g/mol. The van der Waals surface area contributed by atoms with E-state index in [9.17, 15) is 4.79 Å². The molecule has 30 heavy (non-hydrogen) atoms. The molecule has 1 aromatic carbocycles. The third-order valence-electron chi connectivity index (χ3n) is 5.20. The second-order valence-corrected chi connectivity index (χ2v) is 8.52. The van der Waals surface area contributed by atoms with Gasteiger partial charge in [0.25, 0.3) is 5.91 Å². The van der Waals surface area contributed by atoms with Gasteiger partial charge in [-0.05, 0) is 43.9 Å². The molecule has 1 amide bonds. The molecule has 4 rings (SSSR count). The Labute approximate surface area is 179 Å². The molecule has 8 heteroatoms. The van der Waals surface area contributed by atoms with Crippen LogP contribution in [-0.2, 0) is 0 Å². The van der Waals surface area contributed by atoms with E-state index in [0.717, 1.165) is 42.1 Å². The molecular weight excluding hydrogens is 396 g/mol. The van der Waals surface area contributed by atoms with Crippen LogP contribution in [0.4, 0.5) is 0 Å². The Morgan fingerprint density at radius 1 is 1.40 bits per heavy atom. The molecule has 7 nitrogen and oxygen atoms in total. The fourth-order valence-electron chi connectivity index (χ4n) is 3.28. The fraction of sp³-hybridized carbons (Fsp3) is 0.364. The quantitative estimate of drug-likeness (QED) is 0.699. The number of amides is 1. The zero-order valence-corrected chi connectivity index (χ0v) is 17.5. The van der Waals surface area contributed by atoms with Crippen LogP contribution in [0.15, 0.2) is 35.5 Å². The fourth-order valence-corrected chi connectivity index (χ4v) is 4.33. The number of nitrogens with one attached hydrogen (secondary N) is 1. The van der Waals surface area contributed by atoms with Gasteiger partial charge in [-0.3, -0.25) is 15.1 Å². The van der Waals surface area contributed by atoms with Crippen molar-refractivity contribution in [3.8, 4) is 17.3 Å². The molecule has 1 aliphatic carbocycles. The molecule has 0 atom stereocenters. The summed E-state index contributed by atoms with van der Waals surface area (Å²) in [7, 11) is 0. The number of aromatic nitrogens is 1. The number of aliphatic imine (C=N–C) groups is 1. The first-order valence-electron chi connectivity index (χ1n) is 10.1. The normalized spacial score (nSPS) is 17.3. The van der Waals surface area contributed by atoms with Crippen molar-refractivity contribution < 1.29 is 4.79 Å². The minimum Gasteiger partial charge on any atom is -0.404 e. The van der Waals surface area contributed by atoms with Crippen molar-refractivity contribution >= 4 is 29.0 Å². The molecule has 1 saturated carbocycles. The molecule has 0 radical (unpaired) electrons. The number of hydrogen-bond donors (Lipinski definition) is 2. The van der Waals surface area contributed by atoms with Crippen molar-refractivity contribution in [1.82, 2.24) is 15.2 Å². The van der Waals surface area contributed by atoms with Gasteiger partial charge in [-0.2, -0.15) is 5.26 Å². The lowest BCUT2D eigenvalue weighted by Gasteiger charge is -2.26. The molecule has 3 N–H and O–H groups in total. The van der Waals surface area contributed by atoms with Gasteiger partial charge < -0.3 is 10.6 Å². The Morgan fingerprint density at radius 2 is 2.20 bits per heavy atom. The maximum Gasteiger partial charge on any atom is 0.283 e. The molecule has 0 spiro atoms. The number of hydrogen-bond acceptors (Lipinski definition) is 7. The highest BCUT2D eigenvalue weighted by atomic mass is 32.1. The summed E-state index contributed by atoms with van der Waals surface area (Å²) in [6.45, 7) is 2.96. The van der Waals surface area contributed by atoms with Crippen molar-refractivity contribution in [2.24, 2.45) is 16.6 Å². The van der Waals surface area contributed by atoms with E-state index in [-0.39, 0.29) is 5.91 Å². The SMILES string of the molecule is N#Cc1ccc(-c2nc(C(=O)N3CCCNC3)sc2C(C=NCC2CC2)=CN)cc1. The van der Waals surface area contributed by atoms with Crippen LogP contribution in [0.3, 0.4) is 0 Å². The molecule has 2 heterocycles. The predicted octanol–water partition coefficient (Wildman–Crippen LogP) is 2.86. The number of rotatable bonds is 6. The van der Waals surface area contributed by atoms with E-state index in [1.54, 1.807) is 23.2 Å². The van der Waals surface area contributed by atoms with E-state index in [1.165, 1.54) is 30.4 Å². The van der Waals surface area contributed by atoms with Crippen LogP contribution in [0.2, 0.25) is 0 Å². The minimum absolute atomic E-state index is 0.0837. The summed E-state index contributed by atoms with van der Waals surface area (Å²) in [4.78, 5) is 24.9. The van der Waals surface area contributed by atoms with Crippen LogP contribution in [-0.4, -0.2) is 48.3 Å². The summed E-state index contributed by atoms with van der Waals surface area (Å²) in [6, 6.07) is 9.33. The van der Waals surface area contributed by atoms with E-state index in [4.69, 9.17) is 16.0 Å². The van der Waals surface area contributed by atoms with Crippen LogP contribution in [0.1, 0.15) is 39.5 Å². The van der Waals surface area contributed by atoms with Gasteiger partial charge in [0.1, 0.15) is 0 Å². The van der Waals surface area contributed by atoms with Crippen molar-refractivity contribution in [3.63, 3.8) is 0 Å². The smallest absolute Gasteiger partial charge is 0.283 e. The van der Waals surface area contributed by atoms with E-state index in [0.29, 0.717) is 28.9 Å². The highest BCUT2D eigenvalue weighted by Crippen LogP contribution is 2.34. The van der Waals surface area contributed by atoms with E-state index >= 15 is 0 Å². The first kappa shape index (κ1) is 20.3. The van der Waals surface area contributed by atoms with Crippen LogP contribution in [0, 0.1) is 17.2 Å². The number of nitriles is 1. The number of thiazole rings is 1. The maximum atomic E-state index is 13.0. The molecule has 154 valence electrons. The van der Waals surface area contributed by atoms with Gasteiger partial charge in [-0.25, -0.2) is 4.98 Å². The number of nitrogens with two attached hydrogens (primary N) is 1. The van der Waals surface area contributed by atoms with Crippen molar-refractivity contribution in [1.29, 1.82) is 5.26 Å². The van der Waals surface area contributed by atoms with Crippen LogP contribution >= 0.6 is 11.3 Å². The molecule has 2 aromatic rings. The molecule has 1 saturated heterocycles. The average molecular weight is 421 g/mol. The van der Waals surface area contributed by atoms with Gasteiger partial charge in [-0.1, -0.05) is 12.1 Å². The van der Waals surface area contributed by atoms with Gasteiger partial charge in [-0.15, -0.1) is 11.3 Å². The third kappa shape index (κ3) is 4.58. The summed E-state index contributed by atoms with van der Waals surface area (Å²) in [5.74, 6) is 0.600. The first-order valence-corrected chi connectivity index (χ1v) is 10.9. The summed E-state index contributed by atoms with van der Waals surface area (Å²) in [6.07, 6.45) is 6.70. The molecule has 1 aromatic heterocycles. The highest BCUT2D eigenvalue weighted by Gasteiger charge is 2.25. The number of carbonyl (C=O) groups excluding carboxylic acids is 1. The molecule has 2 aliphatic rings. The lowest BCUT2D eigenvalue weighted by atomic mass is 10.1. The Hall–Kier alpha value is -3.02. The maximum absolute atomic E-state index is 13.0. The second-order valence-electron chi connectivity index (χ2n) is 7.53. The Balaban J connectivity index is 1.69. The topological polar surface area (TPSA) is 107 Å². The Morgan fingerprint density at radius 3 is 2.83 bits per heavy atom. The van der Waals surface area contributed by atoms with Gasteiger partial charge >= 0.3 is 0 Å². The van der Waals surface area contributed by atoms with E-state index in [1.807, 2.05) is 12.1 Å². The number of benzene rings is 1. The highest BCUT2D eigenvalue weighted by molar-refractivity contribution is 7.15. The van der Waals surface area contributed by atoms with Crippen molar-refractivity contribution in [2.75, 3.05) is 26.3 Å². The largest absolute Gasteiger partial charge is 0.404 e. The molecule has 0 bridgehead atoms. The molecule has 0 unspecified atom stereocenters. The zero-order valence-electron chi connectivity index (χ0n) is 16.7. The van der Waals surface area contributed by atoms with Gasteiger partial charge in [0, 0.05) is 36.6 Å². The molecular formula is C22H24N6OS. The zero-order chi connectivity index (χ0) is 20.9. The Bertz CT molecular complexity index is 1010. The summed E-state index contributed by atoms with van der Waals surface area (Å²) in [5, 5.41) is 12.7. The third-order valence-corrected chi connectivity index (χ3v) is 6.29. The Kier molecular flexibility index (Phi) is 6.21. The number of nitrogens with zero attached hydrogens (tertiary/aromatic N) is 4. The van der Waals surface area contributed by atoms with E-state index < -0.39 is 0 Å². The molecule has 1 aliphatic heterocycles. The van der Waals surface area contributed by atoms with Gasteiger partial charge in [0.15, 0.2) is 5.01 Å². The first-order chi connectivity index (χ1) is 14.7. The molecule has 2 fully saturated rings. The van der Waals surface area contributed by atoms with E-state index in [2.05, 4.69) is 16.4 Å². The van der Waals surface area contributed by atoms with Crippen LogP contribution in [0.5, 0.6) is 0 Å². The average Bonchev–Trinajstić information content (AvgIpc) is 3.53. The van der Waals surface area contributed by atoms with Gasteiger partial charge in [0.05, 0.1) is 28.9 Å². The lowest BCUT2D eigenvalue weighted by molar-refractivity contribution is 0.0711. The standard InChI is InChI=1S/C22H24N6OS/c23-10-15-4-6-17(7-5-15)19-20(18(11-24)13-26-12-16-2-3-16)30-21(27-19)22(29)28-9-1-8-25-14-28/h4-7,11,13,16,25H,1-3,8-9,12,14,24H2. The second kappa shape index (κ2) is 9.20. The minimum atomic E-state index is -0.0837. The number of carbonyl (C=O) groups is 1. The lowest BCUT2D eigenvalue weighted by Crippen LogP contribution is -2.44. The number of allylic oxidation sites excluding steroid dienone is 1. The van der Waals surface area contributed by atoms with Crippen molar-refractivity contribution in [2.45, 2.75) is 19.3 Å². The summed E-state index contributed by atoms with van der Waals surface area (Å²) in [5.41, 5.74) is 8.79. The van der Waals surface area contributed by atoms with Crippen LogP contribution < -0.4 is 11.1 Å².